The normalized spacial score (nSPS) is 12.8. The highest BCUT2D eigenvalue weighted by Crippen LogP contribution is 2.33. The zero-order chi connectivity index (χ0) is 25.6. The van der Waals surface area contributed by atoms with Gasteiger partial charge in [0, 0.05) is 18.1 Å². The van der Waals surface area contributed by atoms with Crippen molar-refractivity contribution in [3.05, 3.63) is 60.2 Å². The van der Waals surface area contributed by atoms with E-state index in [0.29, 0.717) is 5.39 Å². The van der Waals surface area contributed by atoms with Crippen molar-refractivity contribution in [3.63, 3.8) is 0 Å². The average Bonchev–Trinajstić information content (AvgIpc) is 3.14. The van der Waals surface area contributed by atoms with E-state index in [4.69, 9.17) is 0 Å². The Bertz CT molecular complexity index is 1370. The summed E-state index contributed by atoms with van der Waals surface area (Å²) in [5, 5.41) is 13.4. The summed E-state index contributed by atoms with van der Waals surface area (Å²) in [7, 11) is 0. The monoisotopic (exact) mass is 496 g/mol. The number of aromatic nitrogens is 5. The van der Waals surface area contributed by atoms with Crippen molar-refractivity contribution in [2.75, 3.05) is 5.32 Å². The second kappa shape index (κ2) is 8.48. The zero-order valence-corrected chi connectivity index (χ0v) is 18.3. The van der Waals surface area contributed by atoms with Gasteiger partial charge in [0.2, 0.25) is 0 Å². The van der Waals surface area contributed by atoms with E-state index in [-0.39, 0.29) is 35.2 Å². The molecular formula is C22H18F6N6O. The maximum absolute atomic E-state index is 13.2. The van der Waals surface area contributed by atoms with Crippen LogP contribution in [0.5, 0.6) is 0 Å². The molecule has 0 saturated carbocycles. The fourth-order valence-electron chi connectivity index (χ4n) is 3.34. The zero-order valence-electron chi connectivity index (χ0n) is 18.3. The number of halogens is 6. The molecule has 0 radical (unpaired) electrons. The number of hydrogen-bond donors (Lipinski definition) is 2. The van der Waals surface area contributed by atoms with E-state index in [1.807, 2.05) is 0 Å². The molecule has 0 fully saturated rings. The molecule has 35 heavy (non-hydrogen) atoms. The summed E-state index contributed by atoms with van der Waals surface area (Å²) in [5.74, 6) is -0.148. The smallest absolute Gasteiger partial charge is 0.389 e. The summed E-state index contributed by atoms with van der Waals surface area (Å²) in [5.41, 5.74) is -3.39. The van der Waals surface area contributed by atoms with Crippen molar-refractivity contribution in [1.82, 2.24) is 24.5 Å². The molecule has 4 heterocycles. The van der Waals surface area contributed by atoms with Crippen molar-refractivity contribution in [2.45, 2.75) is 38.3 Å². The summed E-state index contributed by atoms with van der Waals surface area (Å²) in [4.78, 5) is 15.5. The van der Waals surface area contributed by atoms with Gasteiger partial charge in [0.05, 0.1) is 17.5 Å². The molecule has 13 heteroatoms. The van der Waals surface area contributed by atoms with Crippen LogP contribution in [-0.4, -0.2) is 35.2 Å². The fraction of sp³-hybridized carbons (Fsp3) is 0.273. The van der Waals surface area contributed by atoms with Crippen molar-refractivity contribution in [3.8, 4) is 11.5 Å². The first-order chi connectivity index (χ1) is 16.2. The third kappa shape index (κ3) is 5.50. The molecule has 4 rings (SSSR count). The predicted octanol–water partition coefficient (Wildman–Crippen LogP) is 5.44. The lowest BCUT2D eigenvalue weighted by Gasteiger charge is -2.18. The van der Waals surface area contributed by atoms with Crippen molar-refractivity contribution < 1.29 is 31.4 Å². The van der Waals surface area contributed by atoms with Gasteiger partial charge in [-0.2, -0.15) is 26.3 Å². The van der Waals surface area contributed by atoms with Gasteiger partial charge in [-0.3, -0.25) is 4.98 Å². The van der Waals surface area contributed by atoms with Crippen molar-refractivity contribution in [2.24, 2.45) is 0 Å². The largest absolute Gasteiger partial charge is 0.433 e. The van der Waals surface area contributed by atoms with Gasteiger partial charge in [-0.15, -0.1) is 0 Å². The topological polar surface area (TPSA) is 88.8 Å². The second-order valence-corrected chi connectivity index (χ2v) is 8.35. The molecule has 0 aliphatic carbocycles. The number of alkyl halides is 6. The minimum atomic E-state index is -4.70. The Hall–Kier alpha value is -3.74. The number of fused-ring (bicyclic) bond motifs is 1. The van der Waals surface area contributed by atoms with Gasteiger partial charge in [-0.1, -0.05) is 6.07 Å². The molecule has 0 amide bonds. The first kappa shape index (κ1) is 24.4. The lowest BCUT2D eigenvalue weighted by Crippen LogP contribution is -2.25. The van der Waals surface area contributed by atoms with Crippen LogP contribution < -0.4 is 5.32 Å². The van der Waals surface area contributed by atoms with Crippen molar-refractivity contribution >= 4 is 22.5 Å². The Labute approximate surface area is 194 Å². The highest BCUT2D eigenvalue weighted by molar-refractivity contribution is 5.91. The third-order valence-electron chi connectivity index (χ3n) is 4.76. The highest BCUT2D eigenvalue weighted by Gasteiger charge is 2.33. The van der Waals surface area contributed by atoms with E-state index in [9.17, 15) is 31.4 Å². The molecule has 0 atom stereocenters. The number of nitrogens with one attached hydrogen (secondary N) is 1. The molecule has 0 aliphatic heterocycles. The van der Waals surface area contributed by atoms with Crippen LogP contribution in [0.1, 0.15) is 25.2 Å². The summed E-state index contributed by atoms with van der Waals surface area (Å²) in [6.45, 7) is 3.20. The van der Waals surface area contributed by atoms with Gasteiger partial charge >= 0.3 is 12.4 Å². The molecule has 4 aromatic heterocycles. The number of pyridine rings is 2. The van der Waals surface area contributed by atoms with Gasteiger partial charge in [0.25, 0.3) is 0 Å². The molecule has 0 aromatic carbocycles. The van der Waals surface area contributed by atoms with Crippen LogP contribution in [-0.2, 0) is 18.9 Å². The van der Waals surface area contributed by atoms with E-state index in [0.717, 1.165) is 24.4 Å². The molecule has 2 N–H and O–H groups in total. The second-order valence-electron chi connectivity index (χ2n) is 8.35. The summed E-state index contributed by atoms with van der Waals surface area (Å²) in [6, 6.07) is 6.90. The number of hydrogen-bond acceptors (Lipinski definition) is 6. The molecule has 0 saturated heterocycles. The SMILES string of the molecule is CC(C)(O)Cn1ccc2c(Nc3ccnc(C(F)(F)F)c3)nc(-c3cccc(C(F)(F)F)n3)nc21. The van der Waals surface area contributed by atoms with E-state index in [1.54, 1.807) is 30.7 Å². The van der Waals surface area contributed by atoms with Gasteiger partial charge in [-0.05, 0) is 44.2 Å². The van der Waals surface area contributed by atoms with Crippen LogP contribution in [0.3, 0.4) is 0 Å². The molecule has 4 aromatic rings. The van der Waals surface area contributed by atoms with Gasteiger partial charge < -0.3 is 15.0 Å². The van der Waals surface area contributed by atoms with Crippen LogP contribution in [0, 0.1) is 0 Å². The van der Waals surface area contributed by atoms with Crippen LogP contribution in [0.4, 0.5) is 37.8 Å². The minimum Gasteiger partial charge on any atom is -0.389 e. The standard InChI is InChI=1S/C22H18F6N6O/c1-20(2,35)11-34-9-7-13-17(30-12-6-8-29-16(10-12)22(26,27)28)32-18(33-19(13)34)14-4-3-5-15(31-14)21(23,24)25/h3-10,35H,11H2,1-2H3,(H,29,30,32,33). The maximum Gasteiger partial charge on any atom is 0.433 e. The van der Waals surface area contributed by atoms with Crippen LogP contribution in [0.15, 0.2) is 48.8 Å². The minimum absolute atomic E-state index is 0.00511. The summed E-state index contributed by atoms with van der Waals surface area (Å²) in [6.07, 6.45) is -6.83. The van der Waals surface area contributed by atoms with Crippen molar-refractivity contribution in [1.29, 1.82) is 0 Å². The fourth-order valence-corrected chi connectivity index (χ4v) is 3.34. The van der Waals surface area contributed by atoms with Gasteiger partial charge in [-0.25, -0.2) is 15.0 Å². The quantitative estimate of drug-likeness (QED) is 0.358. The molecule has 0 spiro atoms. The Morgan fingerprint density at radius 1 is 0.914 bits per heavy atom. The lowest BCUT2D eigenvalue weighted by molar-refractivity contribution is -0.141. The van der Waals surface area contributed by atoms with E-state index in [1.165, 1.54) is 12.1 Å². The van der Waals surface area contributed by atoms with E-state index >= 15 is 0 Å². The number of rotatable bonds is 5. The highest BCUT2D eigenvalue weighted by atomic mass is 19.4. The third-order valence-corrected chi connectivity index (χ3v) is 4.76. The molecule has 7 nitrogen and oxygen atoms in total. The van der Waals surface area contributed by atoms with E-state index in [2.05, 4.69) is 25.3 Å². The molecule has 0 aliphatic rings. The van der Waals surface area contributed by atoms with Crippen LogP contribution >= 0.6 is 0 Å². The predicted molar refractivity (Wildman–Crippen MR) is 115 cm³/mol. The Kier molecular flexibility index (Phi) is 5.91. The Morgan fingerprint density at radius 3 is 2.29 bits per heavy atom. The average molecular weight is 496 g/mol. The maximum atomic E-state index is 13.2. The van der Waals surface area contributed by atoms with Crippen LogP contribution in [0.25, 0.3) is 22.6 Å². The molecule has 184 valence electrons. The Balaban J connectivity index is 1.87. The number of aliphatic hydroxyl groups is 1. The van der Waals surface area contributed by atoms with E-state index < -0.39 is 29.3 Å². The first-order valence-corrected chi connectivity index (χ1v) is 10.1. The molecule has 0 bridgehead atoms. The summed E-state index contributed by atoms with van der Waals surface area (Å²) >= 11 is 0. The van der Waals surface area contributed by atoms with Gasteiger partial charge in [0.1, 0.15) is 28.5 Å². The lowest BCUT2D eigenvalue weighted by atomic mass is 10.1. The Morgan fingerprint density at radius 2 is 1.63 bits per heavy atom. The van der Waals surface area contributed by atoms with Gasteiger partial charge in [0.15, 0.2) is 5.82 Å². The number of anilines is 2. The molecule has 0 unspecified atom stereocenters. The first-order valence-electron chi connectivity index (χ1n) is 10.1. The number of nitrogens with zero attached hydrogens (tertiary/aromatic N) is 5. The van der Waals surface area contributed by atoms with Crippen LogP contribution in [0.2, 0.25) is 0 Å². The summed E-state index contributed by atoms with van der Waals surface area (Å²) < 4.78 is 80.4. The molecular weight excluding hydrogens is 478 g/mol.